The van der Waals surface area contributed by atoms with Crippen LogP contribution in [0.5, 0.6) is 0 Å². The van der Waals surface area contributed by atoms with Gasteiger partial charge in [-0.25, -0.2) is 0 Å². The maximum Gasteiger partial charge on any atom is 0.0164 e. The van der Waals surface area contributed by atoms with Crippen LogP contribution in [0.25, 0.3) is 0 Å². The highest BCUT2D eigenvalue weighted by Crippen LogP contribution is 2.33. The second-order valence-corrected chi connectivity index (χ2v) is 8.09. The predicted octanol–water partition coefficient (Wildman–Crippen LogP) is 2.84. The molecule has 0 aromatic carbocycles. The van der Waals surface area contributed by atoms with E-state index >= 15 is 0 Å². The Morgan fingerprint density at radius 1 is 1.28 bits per heavy atom. The van der Waals surface area contributed by atoms with Gasteiger partial charge < -0.3 is 10.2 Å². The van der Waals surface area contributed by atoms with E-state index in [1.54, 1.807) is 0 Å². The summed E-state index contributed by atoms with van der Waals surface area (Å²) in [6.45, 7) is 12.2. The molecular weight excluding hydrogens is 240 g/mol. The number of hydrogen-bond donors (Lipinski definition) is 1. The van der Waals surface area contributed by atoms with Crippen molar-refractivity contribution in [3.05, 3.63) is 0 Å². The van der Waals surface area contributed by atoms with E-state index in [4.69, 9.17) is 0 Å². The Morgan fingerprint density at radius 3 is 2.67 bits per heavy atom. The summed E-state index contributed by atoms with van der Waals surface area (Å²) in [5.74, 6) is 3.58. The van der Waals surface area contributed by atoms with E-state index in [0.717, 1.165) is 12.0 Å². The van der Waals surface area contributed by atoms with Crippen molar-refractivity contribution in [2.75, 3.05) is 37.7 Å². The highest BCUT2D eigenvalue weighted by Gasteiger charge is 2.28. The summed E-state index contributed by atoms with van der Waals surface area (Å²) in [5.41, 5.74) is 0.529. The van der Waals surface area contributed by atoms with Gasteiger partial charge >= 0.3 is 0 Å². The highest BCUT2D eigenvalue weighted by molar-refractivity contribution is 7.99. The predicted molar refractivity (Wildman–Crippen MR) is 82.4 cm³/mol. The van der Waals surface area contributed by atoms with Gasteiger partial charge in [-0.2, -0.15) is 11.8 Å². The van der Waals surface area contributed by atoms with Crippen molar-refractivity contribution in [2.45, 2.75) is 46.1 Å². The van der Waals surface area contributed by atoms with Gasteiger partial charge in [0.25, 0.3) is 0 Å². The van der Waals surface area contributed by atoms with Crippen molar-refractivity contribution >= 4 is 11.8 Å². The average molecular weight is 270 g/mol. The van der Waals surface area contributed by atoms with Crippen LogP contribution >= 0.6 is 11.8 Å². The van der Waals surface area contributed by atoms with Gasteiger partial charge in [-0.3, -0.25) is 0 Å². The molecule has 0 radical (unpaired) electrons. The number of thioether (sulfide) groups is 1. The molecule has 2 heterocycles. The minimum absolute atomic E-state index is 0.529. The van der Waals surface area contributed by atoms with Crippen LogP contribution in [-0.4, -0.2) is 48.6 Å². The minimum Gasteiger partial charge on any atom is -0.312 e. The molecule has 0 amide bonds. The molecule has 2 saturated heterocycles. The number of likely N-dealkylation sites (tertiary alicyclic amines) is 1. The van der Waals surface area contributed by atoms with Crippen molar-refractivity contribution in [3.8, 4) is 0 Å². The van der Waals surface area contributed by atoms with Gasteiger partial charge in [0.2, 0.25) is 0 Å². The third-order valence-electron chi connectivity index (χ3n) is 4.35. The van der Waals surface area contributed by atoms with E-state index < -0.39 is 0 Å². The lowest BCUT2D eigenvalue weighted by molar-refractivity contribution is 0.189. The van der Waals surface area contributed by atoms with E-state index in [-0.39, 0.29) is 0 Å². The Balaban J connectivity index is 1.60. The van der Waals surface area contributed by atoms with Crippen molar-refractivity contribution in [3.63, 3.8) is 0 Å². The molecule has 0 bridgehead atoms. The molecule has 3 heteroatoms. The molecule has 106 valence electrons. The van der Waals surface area contributed by atoms with Crippen molar-refractivity contribution < 1.29 is 0 Å². The molecule has 1 N–H and O–H groups in total. The summed E-state index contributed by atoms with van der Waals surface area (Å²) in [5, 5.41) is 3.77. The van der Waals surface area contributed by atoms with Gasteiger partial charge in [0.1, 0.15) is 0 Å². The maximum absolute atomic E-state index is 3.77. The number of rotatable bonds is 4. The molecule has 2 nitrogen and oxygen atoms in total. The fraction of sp³-hybridized carbons (Fsp3) is 1.00. The second-order valence-electron chi connectivity index (χ2n) is 7.06. The normalized spacial score (nSPS) is 30.5. The van der Waals surface area contributed by atoms with Crippen LogP contribution in [0.2, 0.25) is 0 Å². The number of piperidine rings is 1. The van der Waals surface area contributed by atoms with Crippen LogP contribution in [0, 0.1) is 11.3 Å². The lowest BCUT2D eigenvalue weighted by atomic mass is 9.88. The van der Waals surface area contributed by atoms with E-state index in [0.29, 0.717) is 5.41 Å². The average Bonchev–Trinajstić information content (AvgIpc) is 2.30. The summed E-state index contributed by atoms with van der Waals surface area (Å²) < 4.78 is 0. The second kappa shape index (κ2) is 6.62. The van der Waals surface area contributed by atoms with Crippen LogP contribution in [0.1, 0.15) is 40.0 Å². The molecule has 0 saturated carbocycles. The number of hydrogen-bond acceptors (Lipinski definition) is 3. The Labute approximate surface area is 117 Å². The van der Waals surface area contributed by atoms with E-state index in [1.807, 2.05) is 0 Å². The first-order valence-electron chi connectivity index (χ1n) is 7.59. The monoisotopic (exact) mass is 270 g/mol. The molecule has 0 aromatic heterocycles. The maximum atomic E-state index is 3.77. The molecule has 18 heavy (non-hydrogen) atoms. The lowest BCUT2D eigenvalue weighted by Gasteiger charge is -2.36. The molecule has 0 aromatic rings. The summed E-state index contributed by atoms with van der Waals surface area (Å²) in [7, 11) is 0. The smallest absolute Gasteiger partial charge is 0.0164 e. The first kappa shape index (κ1) is 14.7. The summed E-state index contributed by atoms with van der Waals surface area (Å²) in [6, 6.07) is 0.738. The van der Waals surface area contributed by atoms with Crippen LogP contribution in [0.3, 0.4) is 0 Å². The van der Waals surface area contributed by atoms with Gasteiger partial charge in [0, 0.05) is 24.9 Å². The van der Waals surface area contributed by atoms with Gasteiger partial charge in [0.15, 0.2) is 0 Å². The lowest BCUT2D eigenvalue weighted by Crippen LogP contribution is -2.44. The third-order valence-corrected chi connectivity index (χ3v) is 5.97. The molecular formula is C15H30N2S. The van der Waals surface area contributed by atoms with E-state index in [1.165, 1.54) is 56.9 Å². The third kappa shape index (κ3) is 4.75. The summed E-state index contributed by atoms with van der Waals surface area (Å²) in [6.07, 6.45) is 4.13. The van der Waals surface area contributed by atoms with Crippen LogP contribution in [0.15, 0.2) is 0 Å². The molecule has 2 aliphatic heterocycles. The van der Waals surface area contributed by atoms with E-state index in [2.05, 4.69) is 42.7 Å². The van der Waals surface area contributed by atoms with E-state index in [9.17, 15) is 0 Å². The molecule has 1 atom stereocenters. The Hall–Kier alpha value is 0.270. The van der Waals surface area contributed by atoms with Crippen molar-refractivity contribution in [1.29, 1.82) is 0 Å². The quantitative estimate of drug-likeness (QED) is 0.846. The van der Waals surface area contributed by atoms with Crippen LogP contribution < -0.4 is 5.32 Å². The first-order chi connectivity index (χ1) is 8.55. The molecule has 2 fully saturated rings. The zero-order valence-electron chi connectivity index (χ0n) is 12.4. The van der Waals surface area contributed by atoms with Crippen LogP contribution in [-0.2, 0) is 0 Å². The van der Waals surface area contributed by atoms with Gasteiger partial charge in [-0.05, 0) is 49.4 Å². The highest BCUT2D eigenvalue weighted by atomic mass is 32.2. The van der Waals surface area contributed by atoms with Gasteiger partial charge in [0.05, 0.1) is 0 Å². The molecule has 0 aliphatic carbocycles. The molecule has 1 unspecified atom stereocenters. The Morgan fingerprint density at radius 2 is 2.00 bits per heavy atom. The van der Waals surface area contributed by atoms with Crippen molar-refractivity contribution in [1.82, 2.24) is 10.2 Å². The van der Waals surface area contributed by atoms with Gasteiger partial charge in [-0.15, -0.1) is 0 Å². The number of nitrogens with one attached hydrogen (secondary N) is 1. The topological polar surface area (TPSA) is 15.3 Å². The summed E-state index contributed by atoms with van der Waals surface area (Å²) in [4.78, 5) is 2.63. The molecule has 0 spiro atoms. The first-order valence-corrected chi connectivity index (χ1v) is 8.74. The zero-order chi connectivity index (χ0) is 13.0. The SMILES string of the molecule is CC1CCN(CCNC2CSCC(C)(C)C2)CC1. The van der Waals surface area contributed by atoms with Gasteiger partial charge in [-0.1, -0.05) is 20.8 Å². The standard InChI is InChI=1S/C15H30N2S/c1-13-4-7-17(8-5-13)9-6-16-14-10-15(2,3)12-18-11-14/h13-14,16H,4-12H2,1-3H3. The largest absolute Gasteiger partial charge is 0.312 e. The minimum atomic E-state index is 0.529. The Kier molecular flexibility index (Phi) is 5.40. The molecule has 2 rings (SSSR count). The van der Waals surface area contributed by atoms with Crippen molar-refractivity contribution in [2.24, 2.45) is 11.3 Å². The van der Waals surface area contributed by atoms with Crippen LogP contribution in [0.4, 0.5) is 0 Å². The molecule has 2 aliphatic rings. The fourth-order valence-electron chi connectivity index (χ4n) is 3.11. The fourth-order valence-corrected chi connectivity index (χ4v) is 4.41. The summed E-state index contributed by atoms with van der Waals surface area (Å²) >= 11 is 2.12. The number of nitrogens with zero attached hydrogens (tertiary/aromatic N) is 1. The zero-order valence-corrected chi connectivity index (χ0v) is 13.2. The Bertz CT molecular complexity index is 247.